The molecule has 126 valence electrons. The van der Waals surface area contributed by atoms with E-state index in [1.807, 2.05) is 0 Å². The van der Waals surface area contributed by atoms with Crippen LogP contribution in [0.5, 0.6) is 11.5 Å². The Hall–Kier alpha value is -2.63. The fourth-order valence-corrected chi connectivity index (χ4v) is 5.32. The molecule has 0 N–H and O–H groups in total. The van der Waals surface area contributed by atoms with Gasteiger partial charge in [-0.25, -0.2) is 4.90 Å². The molecule has 2 aliphatic heterocycles. The van der Waals surface area contributed by atoms with Crippen LogP contribution in [0.3, 0.4) is 0 Å². The van der Waals surface area contributed by atoms with Crippen LogP contribution in [0.1, 0.15) is 16.8 Å². The van der Waals surface area contributed by atoms with Crippen LogP contribution in [0.2, 0.25) is 0 Å². The predicted molar refractivity (Wildman–Crippen MR) is 83.4 cm³/mol. The third kappa shape index (κ3) is 1.57. The second-order valence-corrected chi connectivity index (χ2v) is 7.54. The fraction of sp³-hybridized carbons (Fsp3) is 0.421. The van der Waals surface area contributed by atoms with E-state index in [1.54, 1.807) is 12.1 Å². The highest BCUT2D eigenvalue weighted by Crippen LogP contribution is 2.65. The normalized spacial score (nSPS) is 38.8. The lowest BCUT2D eigenvalue weighted by Crippen LogP contribution is -2.40. The summed E-state index contributed by atoms with van der Waals surface area (Å²) in [5, 5.41) is 0. The average molecular weight is 337 g/mol. The van der Waals surface area contributed by atoms with Gasteiger partial charge in [0.05, 0.1) is 11.8 Å². The van der Waals surface area contributed by atoms with Gasteiger partial charge in [-0.1, -0.05) is 12.2 Å². The predicted octanol–water partition coefficient (Wildman–Crippen LogP) is 1.61. The summed E-state index contributed by atoms with van der Waals surface area (Å²) in [6, 6.07) is 4.74. The number of hydrogen-bond acceptors (Lipinski definition) is 5. The minimum atomic E-state index is -0.559. The lowest BCUT2D eigenvalue weighted by atomic mass is 9.63. The monoisotopic (exact) mass is 337 g/mol. The number of benzene rings is 1. The lowest BCUT2D eigenvalue weighted by Gasteiger charge is -2.37. The van der Waals surface area contributed by atoms with Gasteiger partial charge in [0, 0.05) is 5.56 Å². The number of hydrogen-bond donors (Lipinski definition) is 0. The molecule has 3 amide bonds. The first-order valence-corrected chi connectivity index (χ1v) is 8.65. The molecule has 2 heterocycles. The molecule has 6 nitrogen and oxygen atoms in total. The summed E-state index contributed by atoms with van der Waals surface area (Å²) in [5.41, 5.74) is 0.273. The van der Waals surface area contributed by atoms with Crippen molar-refractivity contribution in [1.29, 1.82) is 0 Å². The van der Waals surface area contributed by atoms with E-state index < -0.39 is 5.91 Å². The van der Waals surface area contributed by atoms with Gasteiger partial charge < -0.3 is 9.47 Å². The number of imide groups is 3. The van der Waals surface area contributed by atoms with Crippen LogP contribution in [0.15, 0.2) is 30.4 Å². The second kappa shape index (κ2) is 4.31. The smallest absolute Gasteiger partial charge is 0.267 e. The van der Waals surface area contributed by atoms with Crippen molar-refractivity contribution in [2.75, 3.05) is 6.79 Å². The quantitative estimate of drug-likeness (QED) is 0.575. The third-order valence-corrected chi connectivity index (χ3v) is 6.49. The van der Waals surface area contributed by atoms with Crippen LogP contribution in [-0.2, 0) is 9.59 Å². The maximum absolute atomic E-state index is 12.9. The van der Waals surface area contributed by atoms with Crippen LogP contribution >= 0.6 is 0 Å². The van der Waals surface area contributed by atoms with Gasteiger partial charge in [0.1, 0.15) is 0 Å². The van der Waals surface area contributed by atoms with E-state index in [-0.39, 0.29) is 47.8 Å². The minimum Gasteiger partial charge on any atom is -0.454 e. The molecule has 0 unspecified atom stereocenters. The maximum Gasteiger partial charge on any atom is 0.267 e. The number of ether oxygens (including phenoxy) is 2. The Morgan fingerprint density at radius 2 is 1.60 bits per heavy atom. The van der Waals surface area contributed by atoms with E-state index in [2.05, 4.69) is 12.2 Å². The topological polar surface area (TPSA) is 72.9 Å². The summed E-state index contributed by atoms with van der Waals surface area (Å²) in [5.74, 6) is 0.366. The van der Waals surface area contributed by atoms with E-state index in [0.717, 1.165) is 11.3 Å². The van der Waals surface area contributed by atoms with Gasteiger partial charge in [-0.2, -0.15) is 0 Å². The molecule has 1 aromatic carbocycles. The van der Waals surface area contributed by atoms with Gasteiger partial charge in [-0.3, -0.25) is 14.4 Å². The number of rotatable bonds is 1. The minimum absolute atomic E-state index is 0.108. The SMILES string of the molecule is O=C(c1ccc2c(c1)OCO2)N1C(=O)[C@@H]2[C@H]3C=C[C@@H]([C@@H]4C[C@@H]34)[C@@H]2C1=O. The number of amides is 3. The van der Waals surface area contributed by atoms with Gasteiger partial charge >= 0.3 is 0 Å². The zero-order chi connectivity index (χ0) is 16.9. The summed E-state index contributed by atoms with van der Waals surface area (Å²) in [7, 11) is 0. The largest absolute Gasteiger partial charge is 0.454 e. The van der Waals surface area contributed by atoms with Crippen LogP contribution < -0.4 is 9.47 Å². The lowest BCUT2D eigenvalue weighted by molar-refractivity contribution is -0.136. The fourth-order valence-electron chi connectivity index (χ4n) is 5.32. The molecular weight excluding hydrogens is 322 g/mol. The first-order chi connectivity index (χ1) is 12.1. The molecule has 0 radical (unpaired) electrons. The van der Waals surface area contributed by atoms with E-state index in [9.17, 15) is 14.4 Å². The molecule has 25 heavy (non-hydrogen) atoms. The van der Waals surface area contributed by atoms with Gasteiger partial charge in [0.25, 0.3) is 5.91 Å². The molecule has 6 heteroatoms. The van der Waals surface area contributed by atoms with Crippen LogP contribution in [-0.4, -0.2) is 29.4 Å². The maximum atomic E-state index is 12.9. The van der Waals surface area contributed by atoms with E-state index >= 15 is 0 Å². The van der Waals surface area contributed by atoms with Crippen LogP contribution in [0.4, 0.5) is 0 Å². The molecule has 4 aliphatic carbocycles. The Morgan fingerprint density at radius 1 is 0.960 bits per heavy atom. The molecule has 0 spiro atoms. The Labute approximate surface area is 143 Å². The number of fused-ring (bicyclic) bond motifs is 1. The molecule has 6 atom stereocenters. The van der Waals surface area contributed by atoms with Gasteiger partial charge in [-0.05, 0) is 48.3 Å². The van der Waals surface area contributed by atoms with Crippen LogP contribution in [0, 0.1) is 35.5 Å². The molecule has 3 fully saturated rings. The third-order valence-electron chi connectivity index (χ3n) is 6.49. The van der Waals surface area contributed by atoms with Gasteiger partial charge in [-0.15, -0.1) is 0 Å². The first kappa shape index (κ1) is 13.6. The second-order valence-electron chi connectivity index (χ2n) is 7.54. The molecule has 6 aliphatic rings. The molecule has 2 saturated carbocycles. The molecule has 1 aromatic rings. The Morgan fingerprint density at radius 3 is 2.28 bits per heavy atom. The van der Waals surface area contributed by atoms with Crippen molar-refractivity contribution >= 4 is 17.7 Å². The summed E-state index contributed by atoms with van der Waals surface area (Å²) in [4.78, 5) is 39.7. The van der Waals surface area contributed by atoms with Crippen molar-refractivity contribution in [1.82, 2.24) is 4.90 Å². The Kier molecular flexibility index (Phi) is 2.35. The van der Waals surface area contributed by atoms with Gasteiger partial charge in [0.15, 0.2) is 11.5 Å². The zero-order valence-corrected chi connectivity index (χ0v) is 13.3. The Balaban J connectivity index is 1.37. The van der Waals surface area contributed by atoms with Crippen molar-refractivity contribution in [3.8, 4) is 11.5 Å². The molecule has 1 saturated heterocycles. The van der Waals surface area contributed by atoms with Gasteiger partial charge in [0.2, 0.25) is 18.6 Å². The molecule has 7 rings (SSSR count). The van der Waals surface area contributed by atoms with Crippen molar-refractivity contribution in [2.24, 2.45) is 35.5 Å². The average Bonchev–Trinajstić information content (AvgIpc) is 3.25. The molecule has 0 aromatic heterocycles. The zero-order valence-electron chi connectivity index (χ0n) is 13.3. The summed E-state index contributed by atoms with van der Waals surface area (Å²) >= 11 is 0. The van der Waals surface area contributed by atoms with E-state index in [1.165, 1.54) is 6.07 Å². The molecule has 2 bridgehead atoms. The standard InChI is InChI=1S/C19H15NO5/c21-17(8-1-4-13-14(5-8)25-7-24-13)20-18(22)15-9-2-3-10(12-6-11(9)12)16(15)19(20)23/h1-5,9-12,15-16H,6-7H2/t9-,10-,11-,12-,15-,16+/m0/s1. The number of carbonyl (C=O) groups excluding carboxylic acids is 3. The van der Waals surface area contributed by atoms with Crippen LogP contribution in [0.25, 0.3) is 0 Å². The number of likely N-dealkylation sites (tertiary alicyclic amines) is 1. The number of nitrogens with zero attached hydrogens (tertiary/aromatic N) is 1. The molecular formula is C19H15NO5. The number of allylic oxidation sites excluding steroid dienone is 2. The highest BCUT2D eigenvalue weighted by atomic mass is 16.7. The highest BCUT2D eigenvalue weighted by molar-refractivity contribution is 6.21. The highest BCUT2D eigenvalue weighted by Gasteiger charge is 2.67. The Bertz CT molecular complexity index is 854. The number of carbonyl (C=O) groups is 3. The van der Waals surface area contributed by atoms with Crippen molar-refractivity contribution < 1.29 is 23.9 Å². The summed E-state index contributed by atoms with van der Waals surface area (Å²) in [6.45, 7) is 0.108. The van der Waals surface area contributed by atoms with Crippen molar-refractivity contribution in [2.45, 2.75) is 6.42 Å². The summed E-state index contributed by atoms with van der Waals surface area (Å²) in [6.07, 6.45) is 5.30. The van der Waals surface area contributed by atoms with E-state index in [4.69, 9.17) is 9.47 Å². The summed E-state index contributed by atoms with van der Waals surface area (Å²) < 4.78 is 10.5. The van der Waals surface area contributed by atoms with E-state index in [0.29, 0.717) is 23.3 Å². The first-order valence-electron chi connectivity index (χ1n) is 8.65. The van der Waals surface area contributed by atoms with Crippen molar-refractivity contribution in [3.63, 3.8) is 0 Å². The van der Waals surface area contributed by atoms with Crippen molar-refractivity contribution in [3.05, 3.63) is 35.9 Å².